The van der Waals surface area contributed by atoms with Crippen LogP contribution in [0, 0.1) is 0 Å². The van der Waals surface area contributed by atoms with Gasteiger partial charge in [0.15, 0.2) is 0 Å². The van der Waals surface area contributed by atoms with Gasteiger partial charge in [0.2, 0.25) is 5.91 Å². The molecule has 1 aliphatic heterocycles. The summed E-state index contributed by atoms with van der Waals surface area (Å²) in [6, 6.07) is 8.44. The van der Waals surface area contributed by atoms with Crippen LogP contribution >= 0.6 is 11.3 Å². The molecule has 2 N–H and O–H groups in total. The third-order valence-electron chi connectivity index (χ3n) is 4.34. The fourth-order valence-electron chi connectivity index (χ4n) is 3.14. The van der Waals surface area contributed by atoms with Crippen LogP contribution in [0.2, 0.25) is 0 Å². The number of carbonyl (C=O) groups excluding carboxylic acids is 1. The Hall–Kier alpha value is -1.46. The number of nitrogens with two attached hydrogens (primary N) is 1. The minimum atomic E-state index is 0.253. The van der Waals surface area contributed by atoms with Gasteiger partial charge in [0.25, 0.3) is 0 Å². The fourth-order valence-corrected chi connectivity index (χ4v) is 4.14. The molecule has 1 saturated heterocycles. The van der Waals surface area contributed by atoms with E-state index in [1.54, 1.807) is 11.3 Å². The van der Waals surface area contributed by atoms with E-state index in [1.807, 2.05) is 23.1 Å². The van der Waals surface area contributed by atoms with Gasteiger partial charge in [-0.15, -0.1) is 11.3 Å². The predicted molar refractivity (Wildman–Crippen MR) is 91.0 cm³/mol. The molecule has 0 aliphatic carbocycles. The monoisotopic (exact) mass is 317 g/mol. The van der Waals surface area contributed by atoms with Crippen molar-refractivity contribution in [2.75, 3.05) is 13.1 Å². The summed E-state index contributed by atoms with van der Waals surface area (Å²) in [5.41, 5.74) is 6.86. The zero-order chi connectivity index (χ0) is 15.4. The predicted octanol–water partition coefficient (Wildman–Crippen LogP) is 2.96. The minimum Gasteiger partial charge on any atom is -0.338 e. The van der Waals surface area contributed by atoms with E-state index < -0.39 is 0 Å². The lowest BCUT2D eigenvalue weighted by atomic mass is 10.0. The molecule has 1 fully saturated rings. The van der Waals surface area contributed by atoms with Gasteiger partial charge in [-0.3, -0.25) is 4.79 Å². The highest BCUT2D eigenvalue weighted by Crippen LogP contribution is 2.23. The molecule has 118 valence electrons. The van der Waals surface area contributed by atoms with Crippen LogP contribution in [-0.2, 0) is 11.2 Å². The zero-order valence-electron chi connectivity index (χ0n) is 12.8. The highest BCUT2D eigenvalue weighted by Gasteiger charge is 2.24. The maximum Gasteiger partial charge on any atom is 0.222 e. The van der Waals surface area contributed by atoms with Gasteiger partial charge in [-0.2, -0.15) is 0 Å². The number of aryl methyl sites for hydroxylation is 1. The van der Waals surface area contributed by atoms with E-state index in [0.29, 0.717) is 13.0 Å². The van der Waals surface area contributed by atoms with Gasteiger partial charge in [-0.05, 0) is 44.2 Å². The lowest BCUT2D eigenvalue weighted by molar-refractivity contribution is -0.134. The van der Waals surface area contributed by atoms with Crippen LogP contribution < -0.4 is 5.73 Å². The lowest BCUT2D eigenvalue weighted by Gasteiger charge is -2.35. The number of nitrogens with zero attached hydrogens (tertiary/aromatic N) is 2. The Bertz CT molecular complexity index is 607. The zero-order valence-corrected chi connectivity index (χ0v) is 13.6. The third kappa shape index (κ3) is 3.47. The summed E-state index contributed by atoms with van der Waals surface area (Å²) >= 11 is 1.73. The Balaban J connectivity index is 1.52. The molecule has 0 bridgehead atoms. The first-order valence-electron chi connectivity index (χ1n) is 8.12. The maximum atomic E-state index is 12.4. The maximum absolute atomic E-state index is 12.4. The summed E-state index contributed by atoms with van der Waals surface area (Å²) in [7, 11) is 0. The molecule has 5 heteroatoms. The number of carbonyl (C=O) groups is 1. The van der Waals surface area contributed by atoms with Crippen molar-refractivity contribution in [3.8, 4) is 0 Å². The second kappa shape index (κ2) is 7.20. The second-order valence-corrected chi connectivity index (χ2v) is 7.02. The van der Waals surface area contributed by atoms with Crippen LogP contribution in [-0.4, -0.2) is 34.9 Å². The van der Waals surface area contributed by atoms with E-state index in [1.165, 1.54) is 11.1 Å². The smallest absolute Gasteiger partial charge is 0.222 e. The molecule has 0 radical (unpaired) electrons. The topological polar surface area (TPSA) is 59.2 Å². The van der Waals surface area contributed by atoms with E-state index in [-0.39, 0.29) is 11.9 Å². The molecule has 0 spiro atoms. The minimum absolute atomic E-state index is 0.253. The Morgan fingerprint density at radius 3 is 3.05 bits per heavy atom. The molecular formula is C17H23N3OS. The number of likely N-dealkylation sites (tertiary alicyclic amines) is 1. The van der Waals surface area contributed by atoms with Gasteiger partial charge >= 0.3 is 0 Å². The quantitative estimate of drug-likeness (QED) is 0.922. The van der Waals surface area contributed by atoms with Crippen molar-refractivity contribution in [2.24, 2.45) is 5.73 Å². The van der Waals surface area contributed by atoms with E-state index in [9.17, 15) is 4.79 Å². The Morgan fingerprint density at radius 2 is 2.23 bits per heavy atom. The molecule has 1 atom stereocenters. The summed E-state index contributed by atoms with van der Waals surface area (Å²) in [4.78, 5) is 19.0. The van der Waals surface area contributed by atoms with E-state index >= 15 is 0 Å². The van der Waals surface area contributed by atoms with Crippen LogP contribution in [0.15, 0.2) is 24.3 Å². The van der Waals surface area contributed by atoms with Crippen LogP contribution in [0.5, 0.6) is 0 Å². The van der Waals surface area contributed by atoms with E-state index in [2.05, 4.69) is 11.1 Å². The van der Waals surface area contributed by atoms with Crippen molar-refractivity contribution in [1.29, 1.82) is 0 Å². The molecule has 1 amide bonds. The highest BCUT2D eigenvalue weighted by atomic mass is 32.1. The van der Waals surface area contributed by atoms with Crippen LogP contribution in [0.1, 0.15) is 37.1 Å². The second-order valence-electron chi connectivity index (χ2n) is 5.90. The SMILES string of the molecule is NCC1CCCCN1C(=O)CCCc1nc2ccccc2s1. The van der Waals surface area contributed by atoms with Gasteiger partial charge in [0, 0.05) is 25.6 Å². The van der Waals surface area contributed by atoms with Gasteiger partial charge < -0.3 is 10.6 Å². The van der Waals surface area contributed by atoms with Crippen LogP contribution in [0.4, 0.5) is 0 Å². The van der Waals surface area contributed by atoms with Crippen molar-refractivity contribution in [2.45, 2.75) is 44.6 Å². The molecule has 3 rings (SSSR count). The Kier molecular flexibility index (Phi) is 5.05. The van der Waals surface area contributed by atoms with Crippen LogP contribution in [0.25, 0.3) is 10.2 Å². The molecule has 4 nitrogen and oxygen atoms in total. The summed E-state index contributed by atoms with van der Waals surface area (Å²) in [5, 5.41) is 1.13. The Morgan fingerprint density at radius 1 is 1.36 bits per heavy atom. The summed E-state index contributed by atoms with van der Waals surface area (Å²) in [6.07, 6.45) is 5.71. The van der Waals surface area contributed by atoms with E-state index in [4.69, 9.17) is 5.73 Å². The first kappa shape index (κ1) is 15.4. The molecule has 2 aromatic rings. The third-order valence-corrected chi connectivity index (χ3v) is 5.44. The number of rotatable bonds is 5. The number of piperidine rings is 1. The van der Waals surface area contributed by atoms with E-state index in [0.717, 1.165) is 42.8 Å². The first-order chi connectivity index (χ1) is 10.8. The Labute approximate surface area is 135 Å². The number of amides is 1. The number of benzene rings is 1. The fraction of sp³-hybridized carbons (Fsp3) is 0.529. The molecular weight excluding hydrogens is 294 g/mol. The number of aromatic nitrogens is 1. The van der Waals surface area contributed by atoms with Gasteiger partial charge in [0.05, 0.1) is 15.2 Å². The van der Waals surface area contributed by atoms with Crippen molar-refractivity contribution in [3.63, 3.8) is 0 Å². The average molecular weight is 317 g/mol. The lowest BCUT2D eigenvalue weighted by Crippen LogP contribution is -2.47. The molecule has 22 heavy (non-hydrogen) atoms. The molecule has 1 unspecified atom stereocenters. The van der Waals surface area contributed by atoms with Gasteiger partial charge in [-0.25, -0.2) is 4.98 Å². The number of hydrogen-bond donors (Lipinski definition) is 1. The molecule has 1 aliphatic rings. The number of hydrogen-bond acceptors (Lipinski definition) is 4. The van der Waals surface area contributed by atoms with Gasteiger partial charge in [0.1, 0.15) is 0 Å². The standard InChI is InChI=1S/C17H23N3OS/c18-12-13-6-3-4-11-20(13)17(21)10-5-9-16-19-14-7-1-2-8-15(14)22-16/h1-2,7-8,13H,3-6,9-12,18H2. The van der Waals surface area contributed by atoms with Crippen molar-refractivity contribution in [1.82, 2.24) is 9.88 Å². The molecule has 2 heterocycles. The summed E-state index contributed by atoms with van der Waals surface area (Å²) in [5.74, 6) is 0.260. The molecule has 0 saturated carbocycles. The number of thiazole rings is 1. The first-order valence-corrected chi connectivity index (χ1v) is 8.93. The normalized spacial score (nSPS) is 18.8. The van der Waals surface area contributed by atoms with Crippen molar-refractivity contribution in [3.05, 3.63) is 29.3 Å². The van der Waals surface area contributed by atoms with Crippen molar-refractivity contribution < 1.29 is 4.79 Å². The average Bonchev–Trinajstić information content (AvgIpc) is 2.97. The van der Waals surface area contributed by atoms with Gasteiger partial charge in [-0.1, -0.05) is 12.1 Å². The summed E-state index contributed by atoms with van der Waals surface area (Å²) < 4.78 is 1.23. The van der Waals surface area contributed by atoms with Crippen molar-refractivity contribution >= 4 is 27.5 Å². The molecule has 1 aromatic heterocycles. The number of para-hydroxylation sites is 1. The number of fused-ring (bicyclic) bond motifs is 1. The summed E-state index contributed by atoms with van der Waals surface area (Å²) in [6.45, 7) is 1.46. The highest BCUT2D eigenvalue weighted by molar-refractivity contribution is 7.18. The molecule has 1 aromatic carbocycles. The van der Waals surface area contributed by atoms with Crippen LogP contribution in [0.3, 0.4) is 0 Å². The largest absolute Gasteiger partial charge is 0.338 e.